The van der Waals surface area contributed by atoms with E-state index in [2.05, 4.69) is 23.6 Å². The summed E-state index contributed by atoms with van der Waals surface area (Å²) in [7, 11) is 0. The Morgan fingerprint density at radius 1 is 1.39 bits per heavy atom. The second-order valence-corrected chi connectivity index (χ2v) is 5.11. The molecule has 2 rings (SSSR count). The van der Waals surface area contributed by atoms with Gasteiger partial charge in [0.1, 0.15) is 0 Å². The molecule has 1 fully saturated rings. The molecule has 98 valence electrons. The molecule has 0 unspecified atom stereocenters. The van der Waals surface area contributed by atoms with E-state index in [1.165, 1.54) is 5.56 Å². The fourth-order valence-corrected chi connectivity index (χ4v) is 2.00. The maximum Gasteiger partial charge on any atom is 0.223 e. The van der Waals surface area contributed by atoms with Crippen LogP contribution in [0.4, 0.5) is 0 Å². The Morgan fingerprint density at radius 3 is 2.83 bits per heavy atom. The summed E-state index contributed by atoms with van der Waals surface area (Å²) in [6.07, 6.45) is 2.06. The first-order valence-corrected chi connectivity index (χ1v) is 6.84. The third-order valence-electron chi connectivity index (χ3n) is 3.09. The Balaban J connectivity index is 1.94. The van der Waals surface area contributed by atoms with Crippen molar-refractivity contribution in [2.75, 3.05) is 6.54 Å². The van der Waals surface area contributed by atoms with Crippen molar-refractivity contribution >= 4 is 17.5 Å². The average molecular weight is 267 g/mol. The van der Waals surface area contributed by atoms with Crippen LogP contribution in [0.1, 0.15) is 30.9 Å². The summed E-state index contributed by atoms with van der Waals surface area (Å²) in [5, 5.41) is 6.93. The fraction of sp³-hybridized carbons (Fsp3) is 0.500. The molecule has 0 aliphatic heterocycles. The highest BCUT2D eigenvalue weighted by Crippen LogP contribution is 2.29. The van der Waals surface area contributed by atoms with Crippen molar-refractivity contribution in [3.8, 4) is 0 Å². The van der Waals surface area contributed by atoms with Gasteiger partial charge in [0.25, 0.3) is 0 Å². The number of amides is 1. The molecule has 0 heterocycles. The molecule has 1 amide bonds. The Hall–Kier alpha value is -1.06. The molecule has 1 aromatic carbocycles. The summed E-state index contributed by atoms with van der Waals surface area (Å²) >= 11 is 6.14. The van der Waals surface area contributed by atoms with Gasteiger partial charge in [-0.1, -0.05) is 30.7 Å². The lowest BCUT2D eigenvalue weighted by atomic mass is 10.1. The first-order chi connectivity index (χ1) is 8.70. The van der Waals surface area contributed by atoms with Crippen LogP contribution in [0.25, 0.3) is 0 Å². The maximum absolute atomic E-state index is 11.6. The quantitative estimate of drug-likeness (QED) is 0.831. The molecule has 1 aromatic rings. The van der Waals surface area contributed by atoms with Crippen LogP contribution in [-0.2, 0) is 17.9 Å². The van der Waals surface area contributed by atoms with E-state index in [4.69, 9.17) is 11.6 Å². The van der Waals surface area contributed by atoms with Gasteiger partial charge in [0.15, 0.2) is 0 Å². The second kappa shape index (κ2) is 6.21. The topological polar surface area (TPSA) is 41.1 Å². The van der Waals surface area contributed by atoms with Crippen molar-refractivity contribution < 1.29 is 4.79 Å². The highest BCUT2D eigenvalue weighted by molar-refractivity contribution is 6.31. The maximum atomic E-state index is 11.6. The lowest BCUT2D eigenvalue weighted by Crippen LogP contribution is -2.24. The number of nitrogens with one attached hydrogen (secondary N) is 2. The number of carbonyl (C=O) groups excluding carboxylic acids is 1. The lowest BCUT2D eigenvalue weighted by molar-refractivity contribution is -0.122. The van der Waals surface area contributed by atoms with Crippen LogP contribution in [0, 0.1) is 5.92 Å². The molecule has 0 bridgehead atoms. The van der Waals surface area contributed by atoms with Crippen LogP contribution in [-0.4, -0.2) is 12.5 Å². The second-order valence-electron chi connectivity index (χ2n) is 4.70. The van der Waals surface area contributed by atoms with Gasteiger partial charge in [-0.15, -0.1) is 0 Å². The standard InChI is InChI=1S/C14H19ClN2O/c1-2-16-8-10-3-6-13(15)12(7-10)9-17-14(18)11-4-5-11/h3,6-7,11,16H,2,4-5,8-9H2,1H3,(H,17,18). The molecular formula is C14H19ClN2O. The first-order valence-electron chi connectivity index (χ1n) is 6.46. The van der Waals surface area contributed by atoms with E-state index in [1.807, 2.05) is 12.1 Å². The molecule has 1 aliphatic carbocycles. The zero-order valence-electron chi connectivity index (χ0n) is 10.6. The zero-order valence-corrected chi connectivity index (χ0v) is 11.4. The van der Waals surface area contributed by atoms with E-state index < -0.39 is 0 Å². The number of rotatable bonds is 6. The summed E-state index contributed by atoms with van der Waals surface area (Å²) < 4.78 is 0. The van der Waals surface area contributed by atoms with E-state index in [0.717, 1.165) is 31.5 Å². The summed E-state index contributed by atoms with van der Waals surface area (Å²) in [4.78, 5) is 11.6. The third-order valence-corrected chi connectivity index (χ3v) is 3.46. The number of carbonyl (C=O) groups is 1. The van der Waals surface area contributed by atoms with E-state index in [1.54, 1.807) is 0 Å². The molecular weight excluding hydrogens is 248 g/mol. The van der Waals surface area contributed by atoms with Gasteiger partial charge in [-0.05, 0) is 36.6 Å². The highest BCUT2D eigenvalue weighted by atomic mass is 35.5. The molecule has 2 N–H and O–H groups in total. The number of halogens is 1. The van der Waals surface area contributed by atoms with Gasteiger partial charge in [-0.2, -0.15) is 0 Å². The van der Waals surface area contributed by atoms with Crippen LogP contribution in [0.15, 0.2) is 18.2 Å². The van der Waals surface area contributed by atoms with E-state index in [-0.39, 0.29) is 11.8 Å². The molecule has 4 heteroatoms. The molecule has 0 atom stereocenters. The van der Waals surface area contributed by atoms with Crippen molar-refractivity contribution in [3.05, 3.63) is 34.3 Å². The molecule has 1 aliphatic rings. The lowest BCUT2D eigenvalue weighted by Gasteiger charge is -2.09. The first kappa shape index (κ1) is 13.4. The smallest absolute Gasteiger partial charge is 0.223 e. The largest absolute Gasteiger partial charge is 0.352 e. The zero-order chi connectivity index (χ0) is 13.0. The van der Waals surface area contributed by atoms with Crippen molar-refractivity contribution in [1.82, 2.24) is 10.6 Å². The SMILES string of the molecule is CCNCc1ccc(Cl)c(CNC(=O)C2CC2)c1. The van der Waals surface area contributed by atoms with Crippen LogP contribution >= 0.6 is 11.6 Å². The normalized spacial score (nSPS) is 14.6. The Labute approximate surface area is 113 Å². The molecule has 0 radical (unpaired) electrons. The molecule has 0 spiro atoms. The number of hydrogen-bond donors (Lipinski definition) is 2. The molecule has 18 heavy (non-hydrogen) atoms. The minimum atomic E-state index is 0.156. The summed E-state index contributed by atoms with van der Waals surface area (Å²) in [5.41, 5.74) is 2.18. The van der Waals surface area contributed by atoms with Gasteiger partial charge < -0.3 is 10.6 Å². The van der Waals surface area contributed by atoms with E-state index in [0.29, 0.717) is 11.6 Å². The van der Waals surface area contributed by atoms with Crippen LogP contribution in [0.3, 0.4) is 0 Å². The number of hydrogen-bond acceptors (Lipinski definition) is 2. The third kappa shape index (κ3) is 3.72. The van der Waals surface area contributed by atoms with Crippen LogP contribution in [0.5, 0.6) is 0 Å². The van der Waals surface area contributed by atoms with Gasteiger partial charge in [-0.3, -0.25) is 4.79 Å². The summed E-state index contributed by atoms with van der Waals surface area (Å²) in [5.74, 6) is 0.400. The molecule has 0 aromatic heterocycles. The van der Waals surface area contributed by atoms with Crippen molar-refractivity contribution in [2.45, 2.75) is 32.9 Å². The summed E-state index contributed by atoms with van der Waals surface area (Å²) in [6, 6.07) is 5.96. The van der Waals surface area contributed by atoms with Gasteiger partial charge in [0.05, 0.1) is 0 Å². The minimum Gasteiger partial charge on any atom is -0.352 e. The highest BCUT2D eigenvalue weighted by Gasteiger charge is 2.29. The van der Waals surface area contributed by atoms with Crippen molar-refractivity contribution in [1.29, 1.82) is 0 Å². The Morgan fingerprint density at radius 2 is 2.17 bits per heavy atom. The van der Waals surface area contributed by atoms with Gasteiger partial charge in [-0.25, -0.2) is 0 Å². The van der Waals surface area contributed by atoms with Crippen LogP contribution < -0.4 is 10.6 Å². The molecule has 3 nitrogen and oxygen atoms in total. The molecule has 1 saturated carbocycles. The van der Waals surface area contributed by atoms with Crippen molar-refractivity contribution in [3.63, 3.8) is 0 Å². The van der Waals surface area contributed by atoms with E-state index in [9.17, 15) is 4.79 Å². The number of benzene rings is 1. The molecule has 0 saturated heterocycles. The predicted molar refractivity (Wildman–Crippen MR) is 73.4 cm³/mol. The van der Waals surface area contributed by atoms with Gasteiger partial charge >= 0.3 is 0 Å². The van der Waals surface area contributed by atoms with Gasteiger partial charge in [0.2, 0.25) is 5.91 Å². The Bertz CT molecular complexity index is 430. The van der Waals surface area contributed by atoms with E-state index >= 15 is 0 Å². The fourth-order valence-electron chi connectivity index (χ4n) is 1.82. The monoisotopic (exact) mass is 266 g/mol. The van der Waals surface area contributed by atoms with Crippen molar-refractivity contribution in [2.24, 2.45) is 5.92 Å². The van der Waals surface area contributed by atoms with Crippen LogP contribution in [0.2, 0.25) is 5.02 Å². The van der Waals surface area contributed by atoms with Gasteiger partial charge in [0, 0.05) is 24.0 Å². The predicted octanol–water partition coefficient (Wildman–Crippen LogP) is 2.48. The summed E-state index contributed by atoms with van der Waals surface area (Å²) in [6.45, 7) is 4.37. The average Bonchev–Trinajstić information content (AvgIpc) is 3.20. The minimum absolute atomic E-state index is 0.156. The Kier molecular flexibility index (Phi) is 4.61.